The number of hydrogen-bond acceptors (Lipinski definition) is 3. The Bertz CT molecular complexity index is 1140. The minimum absolute atomic E-state index is 0.128. The van der Waals surface area contributed by atoms with Crippen molar-refractivity contribution in [1.29, 1.82) is 0 Å². The van der Waals surface area contributed by atoms with Gasteiger partial charge in [-0.05, 0) is 80.9 Å². The molecule has 1 unspecified atom stereocenters. The number of carbonyl (C=O) groups excluding carboxylic acids is 2. The lowest BCUT2D eigenvalue weighted by Gasteiger charge is -2.43. The zero-order chi connectivity index (χ0) is 26.0. The zero-order valence-corrected chi connectivity index (χ0v) is 21.0. The summed E-state index contributed by atoms with van der Waals surface area (Å²) in [6.07, 6.45) is 3.86. The molecule has 198 valence electrons. The van der Waals surface area contributed by atoms with Gasteiger partial charge in [-0.15, -0.1) is 0 Å². The molecule has 2 amide bonds. The Morgan fingerprint density at radius 2 is 1.70 bits per heavy atom. The van der Waals surface area contributed by atoms with Crippen LogP contribution in [-0.4, -0.2) is 48.3 Å². The molecule has 2 aliphatic carbocycles. The summed E-state index contributed by atoms with van der Waals surface area (Å²) in [4.78, 5) is 31.9. The monoisotopic (exact) mass is 513 g/mol. The number of benzene rings is 2. The Hall–Kier alpha value is -2.87. The molecule has 2 aromatic carbocycles. The predicted molar refractivity (Wildman–Crippen MR) is 136 cm³/mol. The molecule has 1 saturated heterocycles. The third-order valence-corrected chi connectivity index (χ3v) is 8.15. The molecular weight excluding hydrogens is 479 g/mol. The second-order valence-corrected chi connectivity index (χ2v) is 10.7. The number of rotatable bonds is 6. The molecule has 0 radical (unpaired) electrons. The van der Waals surface area contributed by atoms with Crippen LogP contribution in [0.4, 0.5) is 18.9 Å². The SMILES string of the molecule is O=C(CN1CCCCC1)N(c1cccc(F)c1)C1(C(=O)NC2CCC(F)(F)CC2)CCc2ccccc21. The second kappa shape index (κ2) is 10.5. The van der Waals surface area contributed by atoms with Crippen molar-refractivity contribution >= 4 is 17.5 Å². The highest BCUT2D eigenvalue weighted by Crippen LogP contribution is 2.45. The van der Waals surface area contributed by atoms with Crippen molar-refractivity contribution in [3.05, 3.63) is 65.5 Å². The molecular formula is C29H34F3N3O2. The summed E-state index contributed by atoms with van der Waals surface area (Å²) in [7, 11) is 0. The maximum atomic E-state index is 14.5. The van der Waals surface area contributed by atoms with E-state index in [4.69, 9.17) is 0 Å². The second-order valence-electron chi connectivity index (χ2n) is 10.7. The summed E-state index contributed by atoms with van der Waals surface area (Å²) in [5.41, 5.74) is 0.603. The van der Waals surface area contributed by atoms with Gasteiger partial charge >= 0.3 is 0 Å². The largest absolute Gasteiger partial charge is 0.351 e. The Morgan fingerprint density at radius 3 is 2.43 bits per heavy atom. The minimum Gasteiger partial charge on any atom is -0.351 e. The van der Waals surface area contributed by atoms with E-state index in [-0.39, 0.29) is 44.0 Å². The van der Waals surface area contributed by atoms with Crippen molar-refractivity contribution in [2.45, 2.75) is 75.3 Å². The Labute approximate surface area is 216 Å². The van der Waals surface area contributed by atoms with Gasteiger partial charge in [-0.25, -0.2) is 13.2 Å². The summed E-state index contributed by atoms with van der Waals surface area (Å²) in [5.74, 6) is -3.86. The van der Waals surface area contributed by atoms with Gasteiger partial charge in [-0.2, -0.15) is 0 Å². The van der Waals surface area contributed by atoms with Crippen LogP contribution in [0.5, 0.6) is 0 Å². The minimum atomic E-state index is -2.71. The summed E-state index contributed by atoms with van der Waals surface area (Å²) in [6.45, 7) is 1.73. The molecule has 3 aliphatic rings. The molecule has 2 fully saturated rings. The van der Waals surface area contributed by atoms with E-state index in [1.54, 1.807) is 12.1 Å². The number of anilines is 1. The van der Waals surface area contributed by atoms with Crippen LogP contribution in [0.2, 0.25) is 0 Å². The van der Waals surface area contributed by atoms with E-state index in [0.717, 1.165) is 37.9 Å². The van der Waals surface area contributed by atoms with E-state index in [0.29, 0.717) is 24.1 Å². The molecule has 0 bridgehead atoms. The first-order valence-electron chi connectivity index (χ1n) is 13.4. The maximum absolute atomic E-state index is 14.5. The fourth-order valence-electron chi connectivity index (χ4n) is 6.22. The number of aryl methyl sites for hydroxylation is 1. The summed E-state index contributed by atoms with van der Waals surface area (Å²) in [5, 5.41) is 3.03. The molecule has 1 saturated carbocycles. The average molecular weight is 514 g/mol. The number of carbonyl (C=O) groups is 2. The van der Waals surface area contributed by atoms with Crippen LogP contribution >= 0.6 is 0 Å². The van der Waals surface area contributed by atoms with Crippen molar-refractivity contribution < 1.29 is 22.8 Å². The highest BCUT2D eigenvalue weighted by atomic mass is 19.3. The number of nitrogens with zero attached hydrogens (tertiary/aromatic N) is 2. The number of hydrogen-bond donors (Lipinski definition) is 1. The van der Waals surface area contributed by atoms with Gasteiger partial charge in [-0.3, -0.25) is 19.4 Å². The molecule has 0 aromatic heterocycles. The van der Waals surface area contributed by atoms with E-state index < -0.39 is 23.3 Å². The topological polar surface area (TPSA) is 52.7 Å². The predicted octanol–water partition coefficient (Wildman–Crippen LogP) is 5.18. The van der Waals surface area contributed by atoms with E-state index in [9.17, 15) is 22.8 Å². The van der Waals surface area contributed by atoms with Gasteiger partial charge in [0, 0.05) is 24.6 Å². The van der Waals surface area contributed by atoms with Gasteiger partial charge in [-0.1, -0.05) is 36.8 Å². The first-order valence-corrected chi connectivity index (χ1v) is 13.4. The molecule has 0 spiro atoms. The molecule has 1 heterocycles. The van der Waals surface area contributed by atoms with E-state index in [1.807, 2.05) is 24.3 Å². The first kappa shape index (κ1) is 25.8. The summed E-state index contributed by atoms with van der Waals surface area (Å²) < 4.78 is 42.1. The number of piperidine rings is 1. The number of halogens is 3. The Morgan fingerprint density at radius 1 is 0.973 bits per heavy atom. The fourth-order valence-corrected chi connectivity index (χ4v) is 6.22. The Balaban J connectivity index is 1.55. The normalized spacial score (nSPS) is 23.9. The highest BCUT2D eigenvalue weighted by Gasteiger charge is 2.53. The molecule has 1 aliphatic heterocycles. The van der Waals surface area contributed by atoms with E-state index in [2.05, 4.69) is 10.2 Å². The summed E-state index contributed by atoms with van der Waals surface area (Å²) >= 11 is 0. The maximum Gasteiger partial charge on any atom is 0.251 e. The van der Waals surface area contributed by atoms with Crippen molar-refractivity contribution in [1.82, 2.24) is 10.2 Å². The lowest BCUT2D eigenvalue weighted by Crippen LogP contribution is -2.61. The fraction of sp³-hybridized carbons (Fsp3) is 0.517. The van der Waals surface area contributed by atoms with Gasteiger partial charge < -0.3 is 5.32 Å². The quantitative estimate of drug-likeness (QED) is 0.579. The third-order valence-electron chi connectivity index (χ3n) is 8.15. The number of fused-ring (bicyclic) bond motifs is 1. The lowest BCUT2D eigenvalue weighted by atomic mass is 9.85. The van der Waals surface area contributed by atoms with Crippen LogP contribution < -0.4 is 10.2 Å². The smallest absolute Gasteiger partial charge is 0.251 e. The Kier molecular flexibility index (Phi) is 7.30. The molecule has 2 aromatic rings. The van der Waals surface area contributed by atoms with Crippen molar-refractivity contribution in [2.24, 2.45) is 0 Å². The van der Waals surface area contributed by atoms with Crippen molar-refractivity contribution in [3.63, 3.8) is 0 Å². The molecule has 1 N–H and O–H groups in total. The molecule has 1 atom stereocenters. The molecule has 5 rings (SSSR count). The summed E-state index contributed by atoms with van der Waals surface area (Å²) in [6, 6.07) is 13.0. The zero-order valence-electron chi connectivity index (χ0n) is 21.0. The lowest BCUT2D eigenvalue weighted by molar-refractivity contribution is -0.132. The van der Waals surface area contributed by atoms with Crippen LogP contribution in [-0.2, 0) is 21.5 Å². The third kappa shape index (κ3) is 5.26. The van der Waals surface area contributed by atoms with Crippen LogP contribution in [0.3, 0.4) is 0 Å². The number of nitrogens with one attached hydrogen (secondary N) is 1. The van der Waals surface area contributed by atoms with Gasteiger partial charge in [0.15, 0.2) is 5.54 Å². The van der Waals surface area contributed by atoms with Crippen LogP contribution in [0.1, 0.15) is 62.5 Å². The van der Waals surface area contributed by atoms with Gasteiger partial charge in [0.2, 0.25) is 11.8 Å². The molecule has 8 heteroatoms. The highest BCUT2D eigenvalue weighted by molar-refractivity contribution is 6.05. The van der Waals surface area contributed by atoms with Crippen LogP contribution in [0.15, 0.2) is 48.5 Å². The van der Waals surface area contributed by atoms with Gasteiger partial charge in [0.05, 0.1) is 6.54 Å². The van der Waals surface area contributed by atoms with Gasteiger partial charge in [0.1, 0.15) is 5.82 Å². The van der Waals surface area contributed by atoms with E-state index in [1.165, 1.54) is 17.0 Å². The first-order chi connectivity index (χ1) is 17.8. The van der Waals surface area contributed by atoms with Crippen molar-refractivity contribution in [2.75, 3.05) is 24.5 Å². The van der Waals surface area contributed by atoms with Crippen LogP contribution in [0.25, 0.3) is 0 Å². The van der Waals surface area contributed by atoms with Gasteiger partial charge in [0.25, 0.3) is 5.91 Å². The number of alkyl halides is 2. The molecule has 37 heavy (non-hydrogen) atoms. The standard InChI is InChI=1S/C29H34F3N3O2/c30-22-8-6-9-24(19-22)35(26(36)20-34-17-4-1-5-18-34)29(16-11-21-7-2-3-10-25(21)29)27(37)33-23-12-14-28(31,32)15-13-23/h2-3,6-10,19,23H,1,4-5,11-18,20H2,(H,33,37). The van der Waals surface area contributed by atoms with E-state index >= 15 is 0 Å². The van der Waals surface area contributed by atoms with Crippen LogP contribution in [0, 0.1) is 5.82 Å². The molecule has 5 nitrogen and oxygen atoms in total. The number of likely N-dealkylation sites (tertiary alicyclic amines) is 1. The number of amides is 2. The van der Waals surface area contributed by atoms with Crippen molar-refractivity contribution in [3.8, 4) is 0 Å². The average Bonchev–Trinajstić information content (AvgIpc) is 3.26.